The molecular formula is C12H8N2O. The number of H-pyrrole nitrogens is 1. The van der Waals surface area contributed by atoms with Crippen LogP contribution in [0.2, 0.25) is 0 Å². The van der Waals surface area contributed by atoms with Crippen molar-refractivity contribution in [2.75, 3.05) is 0 Å². The highest BCUT2D eigenvalue weighted by Crippen LogP contribution is 2.12. The SMILES string of the molecule is O=c1c2cncc2ccc2[nH]cccc12. The van der Waals surface area contributed by atoms with Crippen LogP contribution in [-0.2, 0) is 0 Å². The third-order valence-corrected chi connectivity index (χ3v) is 2.54. The van der Waals surface area contributed by atoms with Crippen molar-refractivity contribution in [3.8, 4) is 0 Å². The highest BCUT2D eigenvalue weighted by atomic mass is 16.1. The molecule has 0 aliphatic carbocycles. The first kappa shape index (κ1) is 8.17. The topological polar surface area (TPSA) is 45.8 Å². The maximum Gasteiger partial charge on any atom is 0.197 e. The van der Waals surface area contributed by atoms with E-state index in [0.29, 0.717) is 10.8 Å². The van der Waals surface area contributed by atoms with Crippen LogP contribution in [0.15, 0.2) is 47.7 Å². The quantitative estimate of drug-likeness (QED) is 0.598. The minimum absolute atomic E-state index is 0.0272. The fraction of sp³-hybridized carbons (Fsp3) is 0. The molecule has 0 saturated carbocycles. The van der Waals surface area contributed by atoms with Gasteiger partial charge >= 0.3 is 0 Å². The molecule has 72 valence electrons. The second-order valence-corrected chi connectivity index (χ2v) is 3.44. The van der Waals surface area contributed by atoms with Gasteiger partial charge in [-0.15, -0.1) is 0 Å². The zero-order valence-electron chi connectivity index (χ0n) is 7.90. The van der Waals surface area contributed by atoms with Crippen molar-refractivity contribution in [2.24, 2.45) is 0 Å². The molecule has 0 bridgehead atoms. The van der Waals surface area contributed by atoms with E-state index in [9.17, 15) is 4.79 Å². The normalized spacial score (nSPS) is 10.9. The smallest absolute Gasteiger partial charge is 0.197 e. The van der Waals surface area contributed by atoms with Crippen molar-refractivity contribution in [1.82, 2.24) is 9.97 Å². The Morgan fingerprint density at radius 2 is 2.00 bits per heavy atom. The minimum atomic E-state index is 0.0272. The van der Waals surface area contributed by atoms with Gasteiger partial charge in [0.05, 0.1) is 0 Å². The van der Waals surface area contributed by atoms with Crippen molar-refractivity contribution < 1.29 is 0 Å². The van der Waals surface area contributed by atoms with Crippen LogP contribution in [0.25, 0.3) is 21.7 Å². The number of hydrogen-bond donors (Lipinski definition) is 1. The molecule has 0 saturated heterocycles. The van der Waals surface area contributed by atoms with Gasteiger partial charge in [0.1, 0.15) is 0 Å². The molecule has 0 spiro atoms. The number of rotatable bonds is 0. The highest BCUT2D eigenvalue weighted by Gasteiger charge is 2.02. The minimum Gasteiger partial charge on any atom is -0.361 e. The summed E-state index contributed by atoms with van der Waals surface area (Å²) in [6.07, 6.45) is 5.13. The van der Waals surface area contributed by atoms with Gasteiger partial charge < -0.3 is 4.98 Å². The molecule has 0 fully saturated rings. The lowest BCUT2D eigenvalue weighted by Gasteiger charge is -1.89. The van der Waals surface area contributed by atoms with Crippen LogP contribution in [0.1, 0.15) is 0 Å². The first-order valence-corrected chi connectivity index (χ1v) is 4.70. The zero-order chi connectivity index (χ0) is 10.3. The number of nitrogens with zero attached hydrogens (tertiary/aromatic N) is 1. The van der Waals surface area contributed by atoms with E-state index in [4.69, 9.17) is 0 Å². The summed E-state index contributed by atoms with van der Waals surface area (Å²) in [5.41, 5.74) is 0.873. The third-order valence-electron chi connectivity index (χ3n) is 2.54. The van der Waals surface area contributed by atoms with Crippen LogP contribution in [0.4, 0.5) is 0 Å². The molecule has 0 amide bonds. The fourth-order valence-corrected chi connectivity index (χ4v) is 1.76. The number of pyridine rings is 1. The number of aromatic nitrogens is 2. The Balaban J connectivity index is 2.71. The number of fused-ring (bicyclic) bond motifs is 2. The van der Waals surface area contributed by atoms with E-state index in [1.807, 2.05) is 30.5 Å². The summed E-state index contributed by atoms with van der Waals surface area (Å²) in [6, 6.07) is 7.45. The van der Waals surface area contributed by atoms with Crippen LogP contribution >= 0.6 is 0 Å². The summed E-state index contributed by atoms with van der Waals surface area (Å²) in [6.45, 7) is 0. The lowest BCUT2D eigenvalue weighted by Crippen LogP contribution is -1.97. The molecule has 2 aromatic heterocycles. The third kappa shape index (κ3) is 1.13. The second kappa shape index (κ2) is 2.92. The summed E-state index contributed by atoms with van der Waals surface area (Å²) in [7, 11) is 0. The van der Waals surface area contributed by atoms with Gasteiger partial charge in [-0.3, -0.25) is 9.78 Å². The van der Waals surface area contributed by atoms with Crippen molar-refractivity contribution in [2.45, 2.75) is 0 Å². The lowest BCUT2D eigenvalue weighted by molar-refractivity contribution is 1.41. The molecule has 0 aliphatic rings. The van der Waals surface area contributed by atoms with Gasteiger partial charge in [-0.2, -0.15) is 0 Å². The molecule has 1 aromatic carbocycles. The lowest BCUT2D eigenvalue weighted by atomic mass is 10.2. The molecule has 15 heavy (non-hydrogen) atoms. The second-order valence-electron chi connectivity index (χ2n) is 3.44. The molecule has 3 aromatic rings. The summed E-state index contributed by atoms with van der Waals surface area (Å²) in [5.74, 6) is 0. The number of hydrogen-bond acceptors (Lipinski definition) is 2. The molecule has 3 rings (SSSR count). The summed E-state index contributed by atoms with van der Waals surface area (Å²) >= 11 is 0. The Morgan fingerprint density at radius 1 is 1.07 bits per heavy atom. The average molecular weight is 196 g/mol. The molecule has 0 aliphatic heterocycles. The van der Waals surface area contributed by atoms with Gasteiger partial charge in [-0.05, 0) is 18.2 Å². The van der Waals surface area contributed by atoms with Gasteiger partial charge in [0.15, 0.2) is 5.43 Å². The van der Waals surface area contributed by atoms with Gasteiger partial charge in [-0.1, -0.05) is 6.07 Å². The molecule has 3 nitrogen and oxygen atoms in total. The van der Waals surface area contributed by atoms with Crippen LogP contribution in [0.3, 0.4) is 0 Å². The Morgan fingerprint density at radius 3 is 2.93 bits per heavy atom. The maximum absolute atomic E-state index is 12.1. The molecule has 2 heterocycles. The van der Waals surface area contributed by atoms with E-state index in [1.54, 1.807) is 12.4 Å². The first-order chi connectivity index (χ1) is 7.36. The Labute approximate surface area is 85.4 Å². The summed E-state index contributed by atoms with van der Waals surface area (Å²) in [4.78, 5) is 19.1. The molecule has 0 atom stereocenters. The number of aromatic amines is 1. The van der Waals surface area contributed by atoms with Crippen molar-refractivity contribution in [3.05, 3.63) is 53.1 Å². The maximum atomic E-state index is 12.1. The van der Waals surface area contributed by atoms with Gasteiger partial charge in [0.2, 0.25) is 0 Å². The first-order valence-electron chi connectivity index (χ1n) is 4.70. The average Bonchev–Trinajstić information content (AvgIpc) is 2.69. The highest BCUT2D eigenvalue weighted by molar-refractivity contribution is 5.91. The van der Waals surface area contributed by atoms with E-state index >= 15 is 0 Å². The van der Waals surface area contributed by atoms with Gasteiger partial charge in [-0.25, -0.2) is 0 Å². The van der Waals surface area contributed by atoms with E-state index in [1.165, 1.54) is 0 Å². The van der Waals surface area contributed by atoms with E-state index in [0.717, 1.165) is 10.9 Å². The summed E-state index contributed by atoms with van der Waals surface area (Å²) < 4.78 is 0. The van der Waals surface area contributed by atoms with Crippen LogP contribution in [0, 0.1) is 0 Å². The predicted octanol–water partition coefficient (Wildman–Crippen LogP) is 2.08. The van der Waals surface area contributed by atoms with Gasteiger partial charge in [0.25, 0.3) is 0 Å². The van der Waals surface area contributed by atoms with Crippen LogP contribution < -0.4 is 5.43 Å². The van der Waals surface area contributed by atoms with E-state index in [2.05, 4.69) is 9.97 Å². The molecule has 0 radical (unpaired) electrons. The fourth-order valence-electron chi connectivity index (χ4n) is 1.76. The van der Waals surface area contributed by atoms with Crippen molar-refractivity contribution in [3.63, 3.8) is 0 Å². The largest absolute Gasteiger partial charge is 0.361 e. The van der Waals surface area contributed by atoms with E-state index < -0.39 is 0 Å². The molecule has 0 unspecified atom stereocenters. The molecule has 3 heteroatoms. The Kier molecular flexibility index (Phi) is 1.59. The standard InChI is InChI=1S/C12H8N2O/c15-12-9-2-1-5-14-11(9)4-3-8-6-13-7-10(8)12/h1-7,14H. The molecule has 1 N–H and O–H groups in total. The zero-order valence-corrected chi connectivity index (χ0v) is 7.90. The van der Waals surface area contributed by atoms with Gasteiger partial charge in [0, 0.05) is 40.3 Å². The Bertz CT molecular complexity index is 700. The summed E-state index contributed by atoms with van der Waals surface area (Å²) in [5, 5.41) is 2.25. The van der Waals surface area contributed by atoms with Crippen molar-refractivity contribution >= 4 is 21.7 Å². The Hall–Kier alpha value is -2.16. The number of nitrogens with one attached hydrogen (secondary N) is 1. The molecular weight excluding hydrogens is 188 g/mol. The van der Waals surface area contributed by atoms with Crippen LogP contribution in [-0.4, -0.2) is 9.97 Å². The van der Waals surface area contributed by atoms with Crippen LogP contribution in [0.5, 0.6) is 0 Å². The van der Waals surface area contributed by atoms with Crippen molar-refractivity contribution in [1.29, 1.82) is 0 Å². The van der Waals surface area contributed by atoms with E-state index in [-0.39, 0.29) is 5.43 Å². The predicted molar refractivity (Wildman–Crippen MR) is 59.9 cm³/mol. The monoisotopic (exact) mass is 196 g/mol.